The predicted molar refractivity (Wildman–Crippen MR) is 105 cm³/mol. The fourth-order valence-electron chi connectivity index (χ4n) is 2.45. The Morgan fingerprint density at radius 2 is 1.04 bits per heavy atom. The molecule has 0 aromatic heterocycles. The second kappa shape index (κ2) is 11.5. The van der Waals surface area contributed by atoms with Crippen LogP contribution in [0.15, 0.2) is 48.5 Å². The van der Waals surface area contributed by atoms with Crippen LogP contribution in [0.4, 0.5) is 0 Å². The Bertz CT molecular complexity index is 633. The maximum atomic E-state index is 5.84. The van der Waals surface area contributed by atoms with E-state index in [0.29, 0.717) is 49.7 Å². The van der Waals surface area contributed by atoms with Crippen LogP contribution in [0.2, 0.25) is 10.0 Å². The summed E-state index contributed by atoms with van der Waals surface area (Å²) in [6, 6.07) is 14.3. The fourth-order valence-corrected chi connectivity index (χ4v) is 2.70. The molecule has 1 saturated heterocycles. The molecule has 152 valence electrons. The minimum absolute atomic E-state index is 0.331. The van der Waals surface area contributed by atoms with Gasteiger partial charge in [0.25, 0.3) is 0 Å². The molecule has 0 spiro atoms. The third-order valence-corrected chi connectivity index (χ3v) is 4.27. The first-order valence-electron chi connectivity index (χ1n) is 8.94. The maximum absolute atomic E-state index is 5.84. The van der Waals surface area contributed by atoms with Crippen LogP contribution in [0.3, 0.4) is 0 Å². The zero-order valence-corrected chi connectivity index (χ0v) is 16.7. The molecule has 0 radical (unpaired) electrons. The molecule has 1 aliphatic rings. The van der Waals surface area contributed by atoms with Gasteiger partial charge in [-0.2, -0.15) is 0 Å². The smallest absolute Gasteiger partial charge is 0.209 e. The lowest BCUT2D eigenvalue weighted by Gasteiger charge is -2.31. The highest BCUT2D eigenvalue weighted by Crippen LogP contribution is 2.17. The van der Waals surface area contributed by atoms with Crippen molar-refractivity contribution in [3.8, 4) is 11.5 Å². The normalized spacial score (nSPS) is 19.4. The van der Waals surface area contributed by atoms with Gasteiger partial charge in [0.2, 0.25) is 12.6 Å². The fraction of sp³-hybridized carbons (Fsp3) is 0.400. The van der Waals surface area contributed by atoms with Gasteiger partial charge in [-0.05, 0) is 48.5 Å². The largest absolute Gasteiger partial charge is 0.491 e. The Morgan fingerprint density at radius 1 is 0.643 bits per heavy atom. The van der Waals surface area contributed by atoms with Gasteiger partial charge in [-0.1, -0.05) is 23.2 Å². The number of hydrogen-bond acceptors (Lipinski definition) is 6. The van der Waals surface area contributed by atoms with E-state index in [0.717, 1.165) is 11.5 Å². The van der Waals surface area contributed by atoms with Gasteiger partial charge < -0.3 is 28.4 Å². The highest BCUT2D eigenvalue weighted by Gasteiger charge is 2.28. The zero-order chi connectivity index (χ0) is 19.6. The van der Waals surface area contributed by atoms with E-state index in [1.54, 1.807) is 48.5 Å². The molecule has 0 amide bonds. The number of benzene rings is 2. The van der Waals surface area contributed by atoms with Crippen LogP contribution in [0.1, 0.15) is 0 Å². The Morgan fingerprint density at radius 3 is 1.43 bits per heavy atom. The second-order valence-corrected chi connectivity index (χ2v) is 6.70. The summed E-state index contributed by atoms with van der Waals surface area (Å²) in [7, 11) is 0. The number of ether oxygens (including phenoxy) is 6. The van der Waals surface area contributed by atoms with Crippen molar-refractivity contribution >= 4 is 23.2 Å². The van der Waals surface area contributed by atoms with Gasteiger partial charge in [0, 0.05) is 10.0 Å². The van der Waals surface area contributed by atoms with E-state index in [-0.39, 0.29) is 0 Å². The molecular weight excluding hydrogens is 407 g/mol. The highest BCUT2D eigenvalue weighted by atomic mass is 35.5. The van der Waals surface area contributed by atoms with E-state index >= 15 is 0 Å². The third-order valence-electron chi connectivity index (χ3n) is 3.77. The maximum Gasteiger partial charge on any atom is 0.209 e. The minimum Gasteiger partial charge on any atom is -0.491 e. The Balaban J connectivity index is 1.33. The van der Waals surface area contributed by atoms with Crippen LogP contribution >= 0.6 is 23.2 Å². The summed E-state index contributed by atoms with van der Waals surface area (Å²) in [5.74, 6) is 1.45. The van der Waals surface area contributed by atoms with Crippen LogP contribution in [0.5, 0.6) is 11.5 Å². The summed E-state index contributed by atoms with van der Waals surface area (Å²) in [5.41, 5.74) is 0. The summed E-state index contributed by atoms with van der Waals surface area (Å²) < 4.78 is 33.7. The van der Waals surface area contributed by atoms with E-state index in [2.05, 4.69) is 0 Å². The quantitative estimate of drug-likeness (QED) is 0.529. The van der Waals surface area contributed by atoms with Gasteiger partial charge in [0.1, 0.15) is 24.7 Å². The average Bonchev–Trinajstić information content (AvgIpc) is 2.72. The minimum atomic E-state index is -0.613. The molecular formula is C20H22Cl2O6. The van der Waals surface area contributed by atoms with E-state index in [1.807, 2.05) is 0 Å². The molecule has 2 aromatic rings. The van der Waals surface area contributed by atoms with Crippen molar-refractivity contribution in [3.05, 3.63) is 58.6 Å². The first-order chi connectivity index (χ1) is 13.7. The Labute approximate surface area is 174 Å². The lowest BCUT2D eigenvalue weighted by atomic mass is 10.3. The Hall–Kier alpha value is -1.54. The van der Waals surface area contributed by atoms with Crippen molar-refractivity contribution in [2.24, 2.45) is 0 Å². The molecule has 1 aliphatic heterocycles. The van der Waals surface area contributed by atoms with Crippen LogP contribution in [-0.4, -0.2) is 52.2 Å². The van der Waals surface area contributed by atoms with E-state index < -0.39 is 12.6 Å². The molecule has 0 saturated carbocycles. The lowest BCUT2D eigenvalue weighted by Crippen LogP contribution is -2.43. The molecule has 3 rings (SSSR count). The lowest BCUT2D eigenvalue weighted by molar-refractivity contribution is -0.321. The van der Waals surface area contributed by atoms with Crippen molar-refractivity contribution in [1.82, 2.24) is 0 Å². The molecule has 1 fully saturated rings. The molecule has 0 aliphatic carbocycles. The third kappa shape index (κ3) is 7.13. The molecule has 6 nitrogen and oxygen atoms in total. The second-order valence-electron chi connectivity index (χ2n) is 5.82. The van der Waals surface area contributed by atoms with Crippen molar-refractivity contribution in [2.45, 2.75) is 12.6 Å². The average molecular weight is 429 g/mol. The predicted octanol–water partition coefficient (Wildman–Crippen LogP) is 4.18. The summed E-state index contributed by atoms with van der Waals surface area (Å²) in [6.45, 7) is 2.30. The van der Waals surface area contributed by atoms with Crippen molar-refractivity contribution in [3.63, 3.8) is 0 Å². The topological polar surface area (TPSA) is 55.4 Å². The van der Waals surface area contributed by atoms with Gasteiger partial charge in [-0.3, -0.25) is 0 Å². The van der Waals surface area contributed by atoms with Crippen molar-refractivity contribution in [2.75, 3.05) is 39.6 Å². The van der Waals surface area contributed by atoms with Crippen molar-refractivity contribution in [1.29, 1.82) is 0 Å². The molecule has 0 N–H and O–H groups in total. The monoisotopic (exact) mass is 428 g/mol. The number of halogens is 2. The molecule has 0 bridgehead atoms. The van der Waals surface area contributed by atoms with Crippen molar-refractivity contribution < 1.29 is 28.4 Å². The highest BCUT2D eigenvalue weighted by molar-refractivity contribution is 6.30. The summed E-state index contributed by atoms with van der Waals surface area (Å²) >= 11 is 11.7. The van der Waals surface area contributed by atoms with Crippen LogP contribution < -0.4 is 9.47 Å². The SMILES string of the molecule is Clc1ccc(OCCO[C@H]2OCCO[C@@H]2OCCOc2ccc(Cl)cc2)cc1. The molecule has 2 atom stereocenters. The first-order valence-corrected chi connectivity index (χ1v) is 9.69. The van der Waals surface area contributed by atoms with Gasteiger partial charge in [0.15, 0.2) is 0 Å². The van der Waals surface area contributed by atoms with Crippen LogP contribution in [0, 0.1) is 0 Å². The molecule has 28 heavy (non-hydrogen) atoms. The van der Waals surface area contributed by atoms with E-state index in [1.165, 1.54) is 0 Å². The van der Waals surface area contributed by atoms with Gasteiger partial charge in [-0.25, -0.2) is 0 Å². The molecule has 1 heterocycles. The van der Waals surface area contributed by atoms with Gasteiger partial charge >= 0.3 is 0 Å². The molecule has 0 unspecified atom stereocenters. The van der Waals surface area contributed by atoms with E-state index in [9.17, 15) is 0 Å². The first kappa shape index (κ1) is 21.2. The summed E-state index contributed by atoms with van der Waals surface area (Å²) in [6.07, 6.45) is -1.23. The molecule has 2 aromatic carbocycles. The Kier molecular flexibility index (Phi) is 8.67. The summed E-state index contributed by atoms with van der Waals surface area (Å²) in [4.78, 5) is 0. The van der Waals surface area contributed by atoms with Crippen LogP contribution in [0.25, 0.3) is 0 Å². The number of rotatable bonds is 10. The summed E-state index contributed by atoms with van der Waals surface area (Å²) in [5, 5.41) is 1.33. The van der Waals surface area contributed by atoms with Gasteiger partial charge in [-0.15, -0.1) is 0 Å². The zero-order valence-electron chi connectivity index (χ0n) is 15.2. The standard InChI is InChI=1S/C20H22Cl2O6/c21-15-1-5-17(6-2-15)23-9-11-25-19-20(28-14-13-27-19)26-12-10-24-18-7-3-16(22)4-8-18/h1-8,19-20H,9-14H2/t19-,20-/m0/s1. The number of hydrogen-bond donors (Lipinski definition) is 0. The van der Waals surface area contributed by atoms with Crippen LogP contribution in [-0.2, 0) is 18.9 Å². The van der Waals surface area contributed by atoms with Gasteiger partial charge in [0.05, 0.1) is 26.4 Å². The molecule has 8 heteroatoms. The van der Waals surface area contributed by atoms with E-state index in [4.69, 9.17) is 51.6 Å².